The van der Waals surface area contributed by atoms with Crippen molar-refractivity contribution in [1.82, 2.24) is 9.80 Å². The van der Waals surface area contributed by atoms with E-state index < -0.39 is 0 Å². The Hall–Kier alpha value is -2.33. The van der Waals surface area contributed by atoms with Gasteiger partial charge in [-0.05, 0) is 42.0 Å². The minimum Gasteiger partial charge on any atom is -0.332 e. The molecule has 2 aromatic carbocycles. The molecule has 4 rings (SSSR count). The molecule has 2 aromatic rings. The van der Waals surface area contributed by atoms with Gasteiger partial charge in [0.25, 0.3) is 0 Å². The topological polar surface area (TPSA) is 40.6 Å². The van der Waals surface area contributed by atoms with Crippen molar-refractivity contribution in [2.75, 3.05) is 19.6 Å². The summed E-state index contributed by atoms with van der Waals surface area (Å²) in [5, 5.41) is 0.743. The SMILES string of the molecule is O=C(CCCc1ccccc1Cl)N1CC(=O)N2CCc3ccccc3C2C1. The third-order valence-corrected chi connectivity index (χ3v) is 5.97. The number of rotatable bonds is 4. The second-order valence-electron chi connectivity index (χ2n) is 7.27. The fourth-order valence-electron chi connectivity index (χ4n) is 4.15. The number of benzene rings is 2. The summed E-state index contributed by atoms with van der Waals surface area (Å²) in [6.45, 7) is 1.53. The van der Waals surface area contributed by atoms with E-state index in [0.717, 1.165) is 36.4 Å². The summed E-state index contributed by atoms with van der Waals surface area (Å²) in [7, 11) is 0. The second-order valence-corrected chi connectivity index (χ2v) is 7.68. The lowest BCUT2D eigenvalue weighted by Gasteiger charge is -2.44. The van der Waals surface area contributed by atoms with Gasteiger partial charge in [0.2, 0.25) is 11.8 Å². The van der Waals surface area contributed by atoms with Crippen LogP contribution >= 0.6 is 11.6 Å². The van der Waals surface area contributed by atoms with Crippen LogP contribution in [0.2, 0.25) is 5.02 Å². The van der Waals surface area contributed by atoms with Gasteiger partial charge in [-0.1, -0.05) is 54.1 Å². The molecule has 1 unspecified atom stereocenters. The number of fused-ring (bicyclic) bond motifs is 3. The Labute approximate surface area is 164 Å². The number of piperazine rings is 1. The highest BCUT2D eigenvalue weighted by Gasteiger charge is 2.38. The molecule has 0 aliphatic carbocycles. The molecule has 2 aliphatic heterocycles. The zero-order chi connectivity index (χ0) is 18.8. The van der Waals surface area contributed by atoms with Crippen LogP contribution in [-0.2, 0) is 22.4 Å². The smallest absolute Gasteiger partial charge is 0.242 e. The van der Waals surface area contributed by atoms with Crippen molar-refractivity contribution in [3.63, 3.8) is 0 Å². The van der Waals surface area contributed by atoms with Crippen LogP contribution in [0.5, 0.6) is 0 Å². The quantitative estimate of drug-likeness (QED) is 0.810. The number of hydrogen-bond donors (Lipinski definition) is 0. The molecule has 0 bridgehead atoms. The molecule has 0 saturated carbocycles. The molecule has 0 radical (unpaired) electrons. The zero-order valence-electron chi connectivity index (χ0n) is 15.2. The fourth-order valence-corrected chi connectivity index (χ4v) is 4.38. The Morgan fingerprint density at radius 1 is 1.11 bits per heavy atom. The number of carbonyl (C=O) groups excluding carboxylic acids is 2. The van der Waals surface area contributed by atoms with Gasteiger partial charge in [-0.3, -0.25) is 9.59 Å². The highest BCUT2D eigenvalue weighted by Crippen LogP contribution is 2.33. The number of nitrogens with zero attached hydrogens (tertiary/aromatic N) is 2. The first-order valence-corrected chi connectivity index (χ1v) is 9.90. The minimum absolute atomic E-state index is 0.0104. The van der Waals surface area contributed by atoms with Gasteiger partial charge in [0.15, 0.2) is 0 Å². The van der Waals surface area contributed by atoms with Crippen molar-refractivity contribution in [3.05, 3.63) is 70.2 Å². The van der Waals surface area contributed by atoms with Crippen molar-refractivity contribution in [2.24, 2.45) is 0 Å². The molecule has 0 N–H and O–H groups in total. The number of amides is 2. The molecule has 5 heteroatoms. The van der Waals surface area contributed by atoms with Crippen LogP contribution in [-0.4, -0.2) is 41.2 Å². The van der Waals surface area contributed by atoms with E-state index in [-0.39, 0.29) is 24.4 Å². The third kappa shape index (κ3) is 3.72. The summed E-state index contributed by atoms with van der Waals surface area (Å²) in [6, 6.07) is 16.0. The molecule has 1 atom stereocenters. The van der Waals surface area contributed by atoms with Crippen LogP contribution in [0.1, 0.15) is 35.6 Å². The van der Waals surface area contributed by atoms with Crippen LogP contribution in [0.4, 0.5) is 0 Å². The van der Waals surface area contributed by atoms with E-state index in [0.29, 0.717) is 13.0 Å². The van der Waals surface area contributed by atoms with Crippen LogP contribution in [0.15, 0.2) is 48.5 Å². The maximum absolute atomic E-state index is 12.7. The molecule has 140 valence electrons. The predicted molar refractivity (Wildman–Crippen MR) is 106 cm³/mol. The summed E-state index contributed by atoms with van der Waals surface area (Å²) in [5.74, 6) is 0.110. The lowest BCUT2D eigenvalue weighted by Crippen LogP contribution is -2.55. The molecule has 0 aromatic heterocycles. The molecule has 1 fully saturated rings. The largest absolute Gasteiger partial charge is 0.332 e. The lowest BCUT2D eigenvalue weighted by molar-refractivity contribution is -0.149. The molecule has 4 nitrogen and oxygen atoms in total. The highest BCUT2D eigenvalue weighted by molar-refractivity contribution is 6.31. The number of carbonyl (C=O) groups is 2. The standard InChI is InChI=1S/C22H23ClN2O2/c23-19-10-4-2-7-17(19)8-5-11-21(26)24-14-20-18-9-3-1-6-16(18)12-13-25(20)22(27)15-24/h1-4,6-7,9-10,20H,5,8,11-15H2. The first kappa shape index (κ1) is 18.1. The van der Waals surface area contributed by atoms with Crippen molar-refractivity contribution >= 4 is 23.4 Å². The van der Waals surface area contributed by atoms with Gasteiger partial charge in [-0.15, -0.1) is 0 Å². The summed E-state index contributed by atoms with van der Waals surface area (Å²) in [5.41, 5.74) is 3.54. The Kier molecular flexibility index (Phi) is 5.17. The summed E-state index contributed by atoms with van der Waals surface area (Å²) in [4.78, 5) is 29.0. The maximum Gasteiger partial charge on any atom is 0.242 e. The van der Waals surface area contributed by atoms with E-state index in [2.05, 4.69) is 12.1 Å². The van der Waals surface area contributed by atoms with Crippen LogP contribution in [0.25, 0.3) is 0 Å². The summed E-state index contributed by atoms with van der Waals surface area (Å²) in [6.07, 6.45) is 2.83. The van der Waals surface area contributed by atoms with Gasteiger partial charge < -0.3 is 9.80 Å². The van der Waals surface area contributed by atoms with Gasteiger partial charge in [0.1, 0.15) is 0 Å². The molecule has 1 saturated heterocycles. The molecular weight excluding hydrogens is 360 g/mol. The van der Waals surface area contributed by atoms with Crippen LogP contribution in [0.3, 0.4) is 0 Å². The number of halogens is 1. The Bertz CT molecular complexity index is 867. The molecule has 0 spiro atoms. The second kappa shape index (κ2) is 7.73. The van der Waals surface area contributed by atoms with E-state index in [1.165, 1.54) is 11.1 Å². The molecular formula is C22H23ClN2O2. The van der Waals surface area contributed by atoms with Crippen LogP contribution in [0, 0.1) is 0 Å². The Morgan fingerprint density at radius 2 is 1.89 bits per heavy atom. The monoisotopic (exact) mass is 382 g/mol. The van der Waals surface area contributed by atoms with E-state index in [1.807, 2.05) is 41.3 Å². The highest BCUT2D eigenvalue weighted by atomic mass is 35.5. The van der Waals surface area contributed by atoms with Crippen molar-refractivity contribution in [3.8, 4) is 0 Å². The van der Waals surface area contributed by atoms with E-state index in [4.69, 9.17) is 11.6 Å². The predicted octanol–water partition coefficient (Wildman–Crippen LogP) is 3.63. The van der Waals surface area contributed by atoms with Crippen molar-refractivity contribution < 1.29 is 9.59 Å². The molecule has 2 aliphatic rings. The van der Waals surface area contributed by atoms with E-state index >= 15 is 0 Å². The van der Waals surface area contributed by atoms with Crippen LogP contribution < -0.4 is 0 Å². The van der Waals surface area contributed by atoms with Gasteiger partial charge in [0.05, 0.1) is 12.6 Å². The zero-order valence-corrected chi connectivity index (χ0v) is 16.0. The van der Waals surface area contributed by atoms with Crippen molar-refractivity contribution in [1.29, 1.82) is 0 Å². The Morgan fingerprint density at radius 3 is 2.74 bits per heavy atom. The molecule has 2 amide bonds. The summed E-state index contributed by atoms with van der Waals surface area (Å²) >= 11 is 6.19. The third-order valence-electron chi connectivity index (χ3n) is 5.60. The number of hydrogen-bond acceptors (Lipinski definition) is 2. The van der Waals surface area contributed by atoms with Gasteiger partial charge >= 0.3 is 0 Å². The van der Waals surface area contributed by atoms with E-state index in [9.17, 15) is 9.59 Å². The number of aryl methyl sites for hydroxylation is 1. The average Bonchev–Trinajstić information content (AvgIpc) is 2.69. The maximum atomic E-state index is 12.7. The van der Waals surface area contributed by atoms with Gasteiger partial charge in [-0.2, -0.15) is 0 Å². The summed E-state index contributed by atoms with van der Waals surface area (Å²) < 4.78 is 0. The lowest BCUT2D eigenvalue weighted by atomic mass is 9.90. The van der Waals surface area contributed by atoms with Gasteiger partial charge in [0, 0.05) is 24.5 Å². The van der Waals surface area contributed by atoms with Gasteiger partial charge in [-0.25, -0.2) is 0 Å². The molecule has 2 heterocycles. The average molecular weight is 383 g/mol. The first-order valence-electron chi connectivity index (χ1n) is 9.52. The normalized spacial score (nSPS) is 18.9. The Balaban J connectivity index is 1.40. The minimum atomic E-state index is -0.0104. The molecule has 27 heavy (non-hydrogen) atoms. The van der Waals surface area contributed by atoms with E-state index in [1.54, 1.807) is 4.90 Å². The first-order chi connectivity index (χ1) is 13.1. The van der Waals surface area contributed by atoms with Crippen molar-refractivity contribution in [2.45, 2.75) is 31.7 Å². The fraction of sp³-hybridized carbons (Fsp3) is 0.364.